The van der Waals surface area contributed by atoms with Gasteiger partial charge in [-0.1, -0.05) is 37.3 Å². The minimum atomic E-state index is -0.774. The lowest BCUT2D eigenvalue weighted by Gasteiger charge is -2.18. The largest absolute Gasteiger partial charge is 0.461 e. The van der Waals surface area contributed by atoms with Gasteiger partial charge >= 0.3 is 11.9 Å². The molecular formula is C22H24N2O5S. The van der Waals surface area contributed by atoms with Crippen LogP contribution < -0.4 is 5.56 Å². The van der Waals surface area contributed by atoms with Crippen LogP contribution in [0.1, 0.15) is 54.0 Å². The van der Waals surface area contributed by atoms with E-state index in [-0.39, 0.29) is 18.3 Å². The standard InChI is InChI=1S/C22H24N2O5S/c1-5-16(21(26)29-13(2)3)24-12-23-19-17(20(24)25)14(4)18(30-19)22(27)28-11-15-9-7-6-8-10-15/h6-10,12-13,16H,5,11H2,1-4H3. The van der Waals surface area contributed by atoms with Gasteiger partial charge in [-0.15, -0.1) is 11.3 Å². The highest BCUT2D eigenvalue weighted by atomic mass is 32.1. The Balaban J connectivity index is 1.92. The Morgan fingerprint density at radius 2 is 1.90 bits per heavy atom. The Morgan fingerprint density at radius 1 is 1.20 bits per heavy atom. The lowest BCUT2D eigenvalue weighted by Crippen LogP contribution is -2.32. The summed E-state index contributed by atoms with van der Waals surface area (Å²) in [5.74, 6) is -0.984. The third-order valence-corrected chi connectivity index (χ3v) is 5.80. The van der Waals surface area contributed by atoms with Crippen LogP contribution in [-0.2, 0) is 20.9 Å². The van der Waals surface area contributed by atoms with Gasteiger partial charge in [0.05, 0.1) is 17.8 Å². The van der Waals surface area contributed by atoms with Crippen LogP contribution in [0.15, 0.2) is 41.5 Å². The number of aromatic nitrogens is 2. The predicted molar refractivity (Wildman–Crippen MR) is 115 cm³/mol. The van der Waals surface area contributed by atoms with E-state index in [4.69, 9.17) is 9.47 Å². The number of hydrogen-bond acceptors (Lipinski definition) is 7. The molecule has 0 spiro atoms. The summed E-state index contributed by atoms with van der Waals surface area (Å²) in [6.07, 6.45) is 1.44. The van der Waals surface area contributed by atoms with Crippen molar-refractivity contribution in [2.75, 3.05) is 0 Å². The zero-order valence-electron chi connectivity index (χ0n) is 17.4. The molecule has 2 heterocycles. The van der Waals surface area contributed by atoms with Crippen LogP contribution in [0.4, 0.5) is 0 Å². The normalized spacial score (nSPS) is 12.2. The molecule has 0 saturated heterocycles. The number of benzene rings is 1. The molecule has 30 heavy (non-hydrogen) atoms. The van der Waals surface area contributed by atoms with Crippen molar-refractivity contribution >= 4 is 33.5 Å². The van der Waals surface area contributed by atoms with Gasteiger partial charge in [0.1, 0.15) is 22.4 Å². The molecule has 0 saturated carbocycles. The monoisotopic (exact) mass is 428 g/mol. The Bertz CT molecular complexity index is 1120. The minimum absolute atomic E-state index is 0.143. The van der Waals surface area contributed by atoms with Gasteiger partial charge in [-0.3, -0.25) is 9.36 Å². The fourth-order valence-electron chi connectivity index (χ4n) is 3.13. The number of aryl methyl sites for hydroxylation is 1. The van der Waals surface area contributed by atoms with Crippen molar-refractivity contribution in [1.29, 1.82) is 0 Å². The SMILES string of the molecule is CCC(C(=O)OC(C)C)n1cnc2sc(C(=O)OCc3ccccc3)c(C)c2c1=O. The molecule has 1 atom stereocenters. The maximum absolute atomic E-state index is 13.1. The second-order valence-electron chi connectivity index (χ2n) is 7.16. The number of rotatable bonds is 7. The van der Waals surface area contributed by atoms with E-state index in [1.807, 2.05) is 30.3 Å². The van der Waals surface area contributed by atoms with Crippen LogP contribution in [0, 0.1) is 6.92 Å². The van der Waals surface area contributed by atoms with E-state index in [0.29, 0.717) is 27.1 Å². The highest BCUT2D eigenvalue weighted by Crippen LogP contribution is 2.28. The Morgan fingerprint density at radius 3 is 2.53 bits per heavy atom. The molecule has 0 amide bonds. The summed E-state index contributed by atoms with van der Waals surface area (Å²) in [6.45, 7) is 7.15. The van der Waals surface area contributed by atoms with Crippen LogP contribution in [-0.4, -0.2) is 27.6 Å². The van der Waals surface area contributed by atoms with E-state index in [0.717, 1.165) is 16.9 Å². The Hall–Kier alpha value is -3.00. The van der Waals surface area contributed by atoms with Crippen molar-refractivity contribution in [2.45, 2.75) is 52.9 Å². The quantitative estimate of drug-likeness (QED) is 0.528. The molecule has 7 nitrogen and oxygen atoms in total. The van der Waals surface area contributed by atoms with Gasteiger partial charge in [0, 0.05) is 0 Å². The van der Waals surface area contributed by atoms with E-state index in [9.17, 15) is 14.4 Å². The number of esters is 2. The van der Waals surface area contributed by atoms with Gasteiger partial charge in [0.25, 0.3) is 5.56 Å². The molecule has 0 fully saturated rings. The summed E-state index contributed by atoms with van der Waals surface area (Å²) < 4.78 is 12.0. The third-order valence-electron chi connectivity index (χ3n) is 4.62. The van der Waals surface area contributed by atoms with Gasteiger partial charge < -0.3 is 9.47 Å². The molecule has 3 rings (SSSR count). The first-order chi connectivity index (χ1) is 14.3. The van der Waals surface area contributed by atoms with Crippen molar-refractivity contribution in [3.63, 3.8) is 0 Å². The third kappa shape index (κ3) is 4.43. The van der Waals surface area contributed by atoms with Crippen LogP contribution >= 0.6 is 11.3 Å². The molecule has 158 valence electrons. The molecule has 0 N–H and O–H groups in total. The molecule has 2 aromatic heterocycles. The fourth-order valence-corrected chi connectivity index (χ4v) is 4.16. The Kier molecular flexibility index (Phi) is 6.66. The molecule has 8 heteroatoms. The summed E-state index contributed by atoms with van der Waals surface area (Å²) in [5.41, 5.74) is 1.01. The fraction of sp³-hybridized carbons (Fsp3) is 0.364. The van der Waals surface area contributed by atoms with Crippen molar-refractivity contribution in [2.24, 2.45) is 0 Å². The van der Waals surface area contributed by atoms with Crippen LogP contribution in [0.5, 0.6) is 0 Å². The van der Waals surface area contributed by atoms with E-state index < -0.39 is 18.0 Å². The van der Waals surface area contributed by atoms with E-state index in [2.05, 4.69) is 4.98 Å². The first-order valence-electron chi connectivity index (χ1n) is 9.75. The molecule has 0 bridgehead atoms. The molecule has 0 aliphatic carbocycles. The maximum Gasteiger partial charge on any atom is 0.349 e. The van der Waals surface area contributed by atoms with Crippen molar-refractivity contribution < 1.29 is 19.1 Å². The molecule has 0 radical (unpaired) electrons. The van der Waals surface area contributed by atoms with Gasteiger partial charge in [0.2, 0.25) is 0 Å². The van der Waals surface area contributed by atoms with Crippen LogP contribution in [0.3, 0.4) is 0 Å². The van der Waals surface area contributed by atoms with Gasteiger partial charge in [-0.25, -0.2) is 14.6 Å². The number of ether oxygens (including phenoxy) is 2. The number of fused-ring (bicyclic) bond motifs is 1. The second-order valence-corrected chi connectivity index (χ2v) is 8.16. The van der Waals surface area contributed by atoms with E-state index >= 15 is 0 Å². The zero-order chi connectivity index (χ0) is 21.8. The van der Waals surface area contributed by atoms with E-state index in [1.165, 1.54) is 10.9 Å². The van der Waals surface area contributed by atoms with Crippen molar-refractivity contribution in [3.05, 3.63) is 63.0 Å². The van der Waals surface area contributed by atoms with Gasteiger partial charge in [0.15, 0.2) is 0 Å². The molecule has 0 aliphatic heterocycles. The summed E-state index contributed by atoms with van der Waals surface area (Å²) in [6, 6.07) is 8.59. The number of hydrogen-bond donors (Lipinski definition) is 0. The first-order valence-corrected chi connectivity index (χ1v) is 10.6. The Labute approximate surface area is 178 Å². The summed E-state index contributed by atoms with van der Waals surface area (Å²) in [4.78, 5) is 43.2. The lowest BCUT2D eigenvalue weighted by atomic mass is 10.2. The number of thiophene rings is 1. The van der Waals surface area contributed by atoms with Gasteiger partial charge in [-0.05, 0) is 38.3 Å². The number of carbonyl (C=O) groups excluding carboxylic acids is 2. The summed E-state index contributed by atoms with van der Waals surface area (Å²) in [7, 11) is 0. The average molecular weight is 429 g/mol. The number of carbonyl (C=O) groups is 2. The summed E-state index contributed by atoms with van der Waals surface area (Å²) in [5, 5.41) is 0.324. The highest BCUT2D eigenvalue weighted by molar-refractivity contribution is 7.20. The van der Waals surface area contributed by atoms with Gasteiger partial charge in [-0.2, -0.15) is 0 Å². The average Bonchev–Trinajstić information content (AvgIpc) is 3.06. The molecule has 0 aliphatic rings. The minimum Gasteiger partial charge on any atom is -0.461 e. The van der Waals surface area contributed by atoms with E-state index in [1.54, 1.807) is 27.7 Å². The second kappa shape index (κ2) is 9.21. The lowest BCUT2D eigenvalue weighted by molar-refractivity contribution is -0.151. The highest BCUT2D eigenvalue weighted by Gasteiger charge is 2.26. The first kappa shape index (κ1) is 21.7. The topological polar surface area (TPSA) is 87.5 Å². The van der Waals surface area contributed by atoms with Crippen LogP contribution in [0.2, 0.25) is 0 Å². The molecule has 1 aromatic carbocycles. The number of nitrogens with zero attached hydrogens (tertiary/aromatic N) is 2. The predicted octanol–water partition coefficient (Wildman–Crippen LogP) is 4.03. The van der Waals surface area contributed by atoms with Crippen LogP contribution in [0.25, 0.3) is 10.2 Å². The molecule has 3 aromatic rings. The zero-order valence-corrected chi connectivity index (χ0v) is 18.2. The maximum atomic E-state index is 13.1. The summed E-state index contributed by atoms with van der Waals surface area (Å²) >= 11 is 1.11. The molecule has 1 unspecified atom stereocenters. The van der Waals surface area contributed by atoms with Crippen molar-refractivity contribution in [1.82, 2.24) is 9.55 Å². The molecular weight excluding hydrogens is 404 g/mol. The van der Waals surface area contributed by atoms with Crippen molar-refractivity contribution in [3.8, 4) is 0 Å². The smallest absolute Gasteiger partial charge is 0.349 e.